The Labute approximate surface area is 139 Å². The predicted molar refractivity (Wildman–Crippen MR) is 90.3 cm³/mol. The number of aromatic nitrogens is 1. The molecule has 8 heteroatoms. The van der Waals surface area contributed by atoms with Gasteiger partial charge in [0.15, 0.2) is 5.76 Å². The van der Waals surface area contributed by atoms with Gasteiger partial charge in [0.25, 0.3) is 6.01 Å². The lowest BCUT2D eigenvalue weighted by Crippen LogP contribution is -1.96. The standard InChI is InChI=1S/C16H12N4O3S/c17-9-11-4-6-12(7-5-11)15-10-18-16(23-15)19-13-2-1-3-14(8-13)20-24(21)22/h1-8,10,24H,(H,18,19)(H,20,21,22). The summed E-state index contributed by atoms with van der Waals surface area (Å²) in [5, 5.41) is 11.8. The fraction of sp³-hybridized carbons (Fsp3) is 0. The topological polar surface area (TPSA) is 108 Å². The zero-order valence-electron chi connectivity index (χ0n) is 12.3. The first-order valence-electron chi connectivity index (χ1n) is 6.88. The van der Waals surface area contributed by atoms with Gasteiger partial charge in [-0.15, -0.1) is 0 Å². The van der Waals surface area contributed by atoms with Crippen molar-refractivity contribution in [1.29, 1.82) is 5.26 Å². The molecule has 2 aromatic carbocycles. The first kappa shape index (κ1) is 15.6. The molecule has 7 nitrogen and oxygen atoms in total. The van der Waals surface area contributed by atoms with Crippen LogP contribution in [-0.4, -0.2) is 13.4 Å². The van der Waals surface area contributed by atoms with Gasteiger partial charge in [0, 0.05) is 11.3 Å². The molecule has 0 saturated heterocycles. The summed E-state index contributed by atoms with van der Waals surface area (Å²) in [4.78, 5) is 4.14. The fourth-order valence-electron chi connectivity index (χ4n) is 2.07. The molecule has 0 aliphatic carbocycles. The number of nitrogens with zero attached hydrogens (tertiary/aromatic N) is 2. The molecule has 3 aromatic rings. The lowest BCUT2D eigenvalue weighted by atomic mass is 10.1. The number of benzene rings is 2. The second-order valence-electron chi connectivity index (χ2n) is 4.79. The molecule has 0 fully saturated rings. The maximum absolute atomic E-state index is 10.7. The molecule has 0 aliphatic rings. The minimum Gasteiger partial charge on any atom is -0.423 e. The number of hydrogen-bond donors (Lipinski definition) is 3. The summed E-state index contributed by atoms with van der Waals surface area (Å²) in [6.45, 7) is 0. The second kappa shape index (κ2) is 6.85. The summed E-state index contributed by atoms with van der Waals surface area (Å²) >= 11 is 0. The van der Waals surface area contributed by atoms with Gasteiger partial charge in [0.05, 0.1) is 23.5 Å². The molecular formula is C16H12N4O3S. The maximum atomic E-state index is 10.7. The Morgan fingerprint density at radius 2 is 1.83 bits per heavy atom. The van der Waals surface area contributed by atoms with Crippen molar-refractivity contribution < 1.29 is 12.8 Å². The smallest absolute Gasteiger partial charge is 0.299 e. The molecule has 24 heavy (non-hydrogen) atoms. The second-order valence-corrected chi connectivity index (χ2v) is 5.53. The van der Waals surface area contributed by atoms with Crippen LogP contribution in [0.3, 0.4) is 0 Å². The van der Waals surface area contributed by atoms with Gasteiger partial charge in [0.2, 0.25) is 10.9 Å². The Balaban J connectivity index is 1.77. The molecule has 0 aliphatic heterocycles. The van der Waals surface area contributed by atoms with Gasteiger partial charge in [-0.3, -0.25) is 4.72 Å². The molecule has 2 N–H and O–H groups in total. The number of nitriles is 1. The minimum atomic E-state index is -2.72. The Morgan fingerprint density at radius 1 is 1.08 bits per heavy atom. The van der Waals surface area contributed by atoms with Crippen LogP contribution in [0.4, 0.5) is 17.4 Å². The number of hydrogen-bond acceptors (Lipinski definition) is 6. The molecular weight excluding hydrogens is 328 g/mol. The Bertz CT molecular complexity index is 963. The van der Waals surface area contributed by atoms with Crippen LogP contribution in [-0.2, 0) is 10.9 Å². The molecule has 0 atom stereocenters. The largest absolute Gasteiger partial charge is 0.423 e. The van der Waals surface area contributed by atoms with Crippen LogP contribution in [0.25, 0.3) is 11.3 Å². The minimum absolute atomic E-state index is 0.276. The molecule has 0 amide bonds. The highest BCUT2D eigenvalue weighted by atomic mass is 32.2. The van der Waals surface area contributed by atoms with E-state index >= 15 is 0 Å². The van der Waals surface area contributed by atoms with Gasteiger partial charge < -0.3 is 9.73 Å². The molecule has 1 aromatic heterocycles. The van der Waals surface area contributed by atoms with Crippen molar-refractivity contribution in [2.24, 2.45) is 0 Å². The Morgan fingerprint density at radius 3 is 2.54 bits per heavy atom. The predicted octanol–water partition coefficient (Wildman–Crippen LogP) is 2.90. The molecule has 3 rings (SSSR count). The highest BCUT2D eigenvalue weighted by Crippen LogP contribution is 2.25. The van der Waals surface area contributed by atoms with Crippen LogP contribution in [0, 0.1) is 11.3 Å². The van der Waals surface area contributed by atoms with Crippen LogP contribution < -0.4 is 10.0 Å². The van der Waals surface area contributed by atoms with E-state index in [-0.39, 0.29) is 6.01 Å². The first-order chi connectivity index (χ1) is 11.6. The number of oxazole rings is 1. The number of thiol groups is 1. The molecule has 0 radical (unpaired) electrons. The quantitative estimate of drug-likeness (QED) is 0.616. The lowest BCUT2D eigenvalue weighted by Gasteiger charge is -2.04. The first-order valence-corrected chi connectivity index (χ1v) is 8.06. The van der Waals surface area contributed by atoms with Gasteiger partial charge in [-0.25, -0.2) is 13.4 Å². The van der Waals surface area contributed by atoms with E-state index in [1.807, 2.05) is 0 Å². The van der Waals surface area contributed by atoms with Crippen molar-refractivity contribution in [2.45, 2.75) is 0 Å². The molecule has 0 bridgehead atoms. The zero-order chi connectivity index (χ0) is 16.9. The van der Waals surface area contributed by atoms with E-state index in [0.29, 0.717) is 22.7 Å². The molecule has 1 heterocycles. The normalized spacial score (nSPS) is 10.3. The molecule has 0 spiro atoms. The highest BCUT2D eigenvalue weighted by Gasteiger charge is 2.07. The van der Waals surface area contributed by atoms with E-state index in [9.17, 15) is 8.42 Å². The third-order valence-electron chi connectivity index (χ3n) is 3.14. The van der Waals surface area contributed by atoms with E-state index in [0.717, 1.165) is 5.56 Å². The summed E-state index contributed by atoms with van der Waals surface area (Å²) in [7, 11) is -2.72. The van der Waals surface area contributed by atoms with Crippen molar-refractivity contribution in [3.63, 3.8) is 0 Å². The zero-order valence-corrected chi connectivity index (χ0v) is 13.2. The average Bonchev–Trinajstić information content (AvgIpc) is 3.03. The monoisotopic (exact) mass is 340 g/mol. The van der Waals surface area contributed by atoms with Crippen molar-refractivity contribution in [3.05, 3.63) is 60.3 Å². The van der Waals surface area contributed by atoms with Gasteiger partial charge in [-0.2, -0.15) is 5.26 Å². The summed E-state index contributed by atoms with van der Waals surface area (Å²) in [5.74, 6) is 0.555. The molecule has 0 saturated carbocycles. The van der Waals surface area contributed by atoms with E-state index in [4.69, 9.17) is 9.68 Å². The van der Waals surface area contributed by atoms with Crippen molar-refractivity contribution >= 4 is 28.3 Å². The van der Waals surface area contributed by atoms with Crippen molar-refractivity contribution in [3.8, 4) is 17.4 Å². The third kappa shape index (κ3) is 3.71. The molecule has 120 valence electrons. The van der Waals surface area contributed by atoms with Gasteiger partial charge >= 0.3 is 0 Å². The van der Waals surface area contributed by atoms with Crippen LogP contribution in [0.15, 0.2) is 59.1 Å². The summed E-state index contributed by atoms with van der Waals surface area (Å²) in [5.41, 5.74) is 2.44. The van der Waals surface area contributed by atoms with Gasteiger partial charge in [0.1, 0.15) is 0 Å². The van der Waals surface area contributed by atoms with E-state index < -0.39 is 10.9 Å². The van der Waals surface area contributed by atoms with Crippen molar-refractivity contribution in [1.82, 2.24) is 4.98 Å². The number of anilines is 3. The van der Waals surface area contributed by atoms with E-state index in [2.05, 4.69) is 21.1 Å². The van der Waals surface area contributed by atoms with Crippen LogP contribution in [0.1, 0.15) is 5.56 Å². The third-order valence-corrected chi connectivity index (χ3v) is 3.58. The van der Waals surface area contributed by atoms with E-state index in [1.165, 1.54) is 0 Å². The van der Waals surface area contributed by atoms with E-state index in [1.54, 1.807) is 54.7 Å². The Hall–Kier alpha value is -3.31. The van der Waals surface area contributed by atoms with Gasteiger partial charge in [-0.05, 0) is 42.5 Å². The highest BCUT2D eigenvalue weighted by molar-refractivity contribution is 7.73. The summed E-state index contributed by atoms with van der Waals surface area (Å²) in [6, 6.07) is 16.0. The lowest BCUT2D eigenvalue weighted by molar-refractivity contribution is 0.592. The summed E-state index contributed by atoms with van der Waals surface area (Å²) in [6.07, 6.45) is 1.57. The Kier molecular flexibility index (Phi) is 4.45. The van der Waals surface area contributed by atoms with Crippen LogP contribution >= 0.6 is 0 Å². The SMILES string of the molecule is N#Cc1ccc(-c2cnc(Nc3cccc(N[SH](=O)=O)c3)o2)cc1. The number of rotatable bonds is 5. The van der Waals surface area contributed by atoms with Crippen molar-refractivity contribution in [2.75, 3.05) is 10.0 Å². The summed E-state index contributed by atoms with van der Waals surface area (Å²) < 4.78 is 29.3. The van der Waals surface area contributed by atoms with Crippen LogP contribution in [0.2, 0.25) is 0 Å². The fourth-order valence-corrected chi connectivity index (χ4v) is 2.42. The molecule has 0 unspecified atom stereocenters. The maximum Gasteiger partial charge on any atom is 0.299 e. The van der Waals surface area contributed by atoms with Crippen LogP contribution in [0.5, 0.6) is 0 Å². The van der Waals surface area contributed by atoms with Gasteiger partial charge in [-0.1, -0.05) is 6.07 Å². The average molecular weight is 340 g/mol. The number of nitrogens with one attached hydrogen (secondary N) is 2.